The molecule has 0 saturated carbocycles. The number of rotatable bonds is 7. The fraction of sp³-hybridized carbons (Fsp3) is 0.0400. The Morgan fingerprint density at radius 2 is 0.843 bits per heavy atom. The summed E-state index contributed by atoms with van der Waals surface area (Å²) in [7, 11) is 0. The summed E-state index contributed by atoms with van der Waals surface area (Å²) in [5.74, 6) is 0. The minimum atomic E-state index is -0.677. The van der Waals surface area contributed by atoms with E-state index in [1.54, 1.807) is 0 Å². The molecule has 0 amide bonds. The van der Waals surface area contributed by atoms with Crippen molar-refractivity contribution < 1.29 is 0 Å². The molecule has 1 heteroatoms. The van der Waals surface area contributed by atoms with Crippen molar-refractivity contribution in [2.45, 2.75) is 10.8 Å². The average Bonchev–Trinajstić information content (AvgIpc) is 3.50. The molecule has 0 radical (unpaired) electrons. The third kappa shape index (κ3) is 4.28. The van der Waals surface area contributed by atoms with Crippen LogP contribution in [0.3, 0.4) is 0 Å². The molecule has 1 aliphatic heterocycles. The van der Waals surface area contributed by atoms with Gasteiger partial charge in [0, 0.05) is 5.69 Å². The van der Waals surface area contributed by atoms with E-state index in [2.05, 4.69) is 212 Å². The van der Waals surface area contributed by atoms with E-state index in [4.69, 9.17) is 0 Å². The molecule has 9 rings (SSSR count). The maximum absolute atomic E-state index is 4.51. The lowest BCUT2D eigenvalue weighted by atomic mass is 9.61. The topological polar surface area (TPSA) is 3.24 Å². The fourth-order valence-electron chi connectivity index (χ4n) is 9.03. The maximum atomic E-state index is 4.51. The highest BCUT2D eigenvalue weighted by atomic mass is 15.2. The maximum Gasteiger partial charge on any atom is 0.0742 e. The van der Waals surface area contributed by atoms with Crippen LogP contribution in [0.25, 0.3) is 11.1 Å². The molecule has 242 valence electrons. The molecule has 7 aromatic carbocycles. The molecular weight excluding hydrogens is 615 g/mol. The minimum absolute atomic E-state index is 0.537. The first kappa shape index (κ1) is 30.6. The summed E-state index contributed by atoms with van der Waals surface area (Å²) in [6, 6.07) is 68.5. The SMILES string of the molecule is C=CC1=C(C=C)C(c2ccccc2)(c2ccccc2)c2cc3c(cc2N1c1ccccc1)C(c1ccccc1)(c1ccccc1)c1ccccc1-3. The molecule has 0 atom stereocenters. The molecule has 1 nitrogen and oxygen atoms in total. The Kier molecular flexibility index (Phi) is 7.30. The van der Waals surface area contributed by atoms with Crippen LogP contribution in [0.4, 0.5) is 11.4 Å². The number of hydrogen-bond donors (Lipinski definition) is 0. The summed E-state index contributed by atoms with van der Waals surface area (Å²) in [4.78, 5) is 2.40. The van der Waals surface area contributed by atoms with Gasteiger partial charge in [-0.1, -0.05) is 183 Å². The molecule has 0 N–H and O–H groups in total. The van der Waals surface area contributed by atoms with Crippen LogP contribution in [0.15, 0.2) is 225 Å². The van der Waals surface area contributed by atoms with Crippen molar-refractivity contribution in [1.82, 2.24) is 0 Å². The molecule has 51 heavy (non-hydrogen) atoms. The number of anilines is 2. The quantitative estimate of drug-likeness (QED) is 0.166. The zero-order valence-corrected chi connectivity index (χ0v) is 28.4. The molecule has 0 spiro atoms. The van der Waals surface area contributed by atoms with Gasteiger partial charge in [-0.05, 0) is 86.0 Å². The number of fused-ring (bicyclic) bond motifs is 4. The van der Waals surface area contributed by atoms with E-state index in [9.17, 15) is 0 Å². The van der Waals surface area contributed by atoms with Gasteiger partial charge in [-0.15, -0.1) is 0 Å². The molecule has 1 heterocycles. The van der Waals surface area contributed by atoms with Gasteiger partial charge >= 0.3 is 0 Å². The van der Waals surface area contributed by atoms with Crippen molar-refractivity contribution in [3.63, 3.8) is 0 Å². The molecule has 1 aliphatic carbocycles. The van der Waals surface area contributed by atoms with Gasteiger partial charge in [-0.25, -0.2) is 0 Å². The second-order valence-corrected chi connectivity index (χ2v) is 13.3. The molecule has 0 aromatic heterocycles. The van der Waals surface area contributed by atoms with Crippen LogP contribution in [0.1, 0.15) is 38.9 Å². The van der Waals surface area contributed by atoms with Crippen LogP contribution in [-0.4, -0.2) is 0 Å². The lowest BCUT2D eigenvalue weighted by Crippen LogP contribution is -2.40. The molecule has 2 aliphatic rings. The number of hydrogen-bond acceptors (Lipinski definition) is 1. The van der Waals surface area contributed by atoms with Crippen molar-refractivity contribution in [3.8, 4) is 11.1 Å². The van der Waals surface area contributed by atoms with Crippen molar-refractivity contribution in [1.29, 1.82) is 0 Å². The predicted octanol–water partition coefficient (Wildman–Crippen LogP) is 12.2. The number of para-hydroxylation sites is 1. The summed E-state index contributed by atoms with van der Waals surface area (Å²) >= 11 is 0. The Bertz CT molecular complexity index is 2350. The van der Waals surface area contributed by atoms with E-state index in [0.29, 0.717) is 0 Å². The van der Waals surface area contributed by atoms with Gasteiger partial charge in [0.25, 0.3) is 0 Å². The summed E-state index contributed by atoms with van der Waals surface area (Å²) in [5.41, 5.74) is 14.2. The van der Waals surface area contributed by atoms with Crippen LogP contribution in [0.2, 0.25) is 0 Å². The Morgan fingerprint density at radius 3 is 1.33 bits per heavy atom. The van der Waals surface area contributed by atoms with Gasteiger partial charge in [-0.2, -0.15) is 0 Å². The van der Waals surface area contributed by atoms with E-state index in [-0.39, 0.29) is 0 Å². The predicted molar refractivity (Wildman–Crippen MR) is 213 cm³/mol. The van der Waals surface area contributed by atoms with Gasteiger partial charge in [-0.3, -0.25) is 0 Å². The van der Waals surface area contributed by atoms with Gasteiger partial charge in [0.05, 0.1) is 22.2 Å². The molecule has 0 saturated heterocycles. The number of benzene rings is 7. The fourth-order valence-corrected chi connectivity index (χ4v) is 9.03. The van der Waals surface area contributed by atoms with Crippen LogP contribution in [0.5, 0.6) is 0 Å². The summed E-state index contributed by atoms with van der Waals surface area (Å²) in [5, 5.41) is 0. The molecular formula is C50H37N. The van der Waals surface area contributed by atoms with Gasteiger partial charge in [0.2, 0.25) is 0 Å². The van der Waals surface area contributed by atoms with Crippen molar-refractivity contribution in [2.24, 2.45) is 0 Å². The largest absolute Gasteiger partial charge is 0.310 e. The highest BCUT2D eigenvalue weighted by Crippen LogP contribution is 2.62. The van der Waals surface area contributed by atoms with Crippen LogP contribution in [-0.2, 0) is 10.8 Å². The van der Waals surface area contributed by atoms with E-state index < -0.39 is 10.8 Å². The van der Waals surface area contributed by atoms with Crippen molar-refractivity contribution in [2.75, 3.05) is 4.90 Å². The zero-order chi connectivity index (χ0) is 34.4. The lowest BCUT2D eigenvalue weighted by Gasteiger charge is -2.47. The minimum Gasteiger partial charge on any atom is -0.310 e. The molecule has 0 bridgehead atoms. The average molecular weight is 652 g/mol. The van der Waals surface area contributed by atoms with E-state index in [1.807, 2.05) is 6.08 Å². The van der Waals surface area contributed by atoms with Crippen LogP contribution >= 0.6 is 0 Å². The molecule has 0 fully saturated rings. The van der Waals surface area contributed by atoms with Gasteiger partial charge in [0.1, 0.15) is 0 Å². The van der Waals surface area contributed by atoms with Gasteiger partial charge in [0.15, 0.2) is 0 Å². The van der Waals surface area contributed by atoms with E-state index in [0.717, 1.165) is 22.6 Å². The number of allylic oxidation sites excluding steroid dienone is 3. The highest BCUT2D eigenvalue weighted by Gasteiger charge is 2.51. The first-order chi connectivity index (χ1) is 25.2. The Balaban J connectivity index is 1.51. The second kappa shape index (κ2) is 12.2. The molecule has 7 aromatic rings. The Morgan fingerprint density at radius 1 is 0.392 bits per heavy atom. The zero-order valence-electron chi connectivity index (χ0n) is 28.4. The first-order valence-corrected chi connectivity index (χ1v) is 17.6. The summed E-state index contributed by atoms with van der Waals surface area (Å²) < 4.78 is 0. The Hall–Kier alpha value is -6.44. The number of nitrogens with zero attached hydrogens (tertiary/aromatic N) is 1. The van der Waals surface area contributed by atoms with E-state index >= 15 is 0 Å². The summed E-state index contributed by atoms with van der Waals surface area (Å²) in [6.07, 6.45) is 4.06. The smallest absolute Gasteiger partial charge is 0.0742 e. The lowest BCUT2D eigenvalue weighted by molar-refractivity contribution is 0.714. The third-order valence-electron chi connectivity index (χ3n) is 11.0. The Labute approximate surface area is 300 Å². The van der Waals surface area contributed by atoms with Crippen LogP contribution in [0, 0.1) is 0 Å². The van der Waals surface area contributed by atoms with E-state index in [1.165, 1.54) is 50.1 Å². The third-order valence-corrected chi connectivity index (χ3v) is 11.0. The normalized spacial score (nSPS) is 15.0. The standard InChI is InChI=1S/C50H37N/c1-3-43-47(4-2)51(40-30-18-9-19-31-40)48-35-45-42(34-46(48)49(43,36-22-10-5-11-23-36)37-24-12-6-13-25-37)41-32-20-21-33-44(41)50(45,38-26-14-7-15-27-38)39-28-16-8-17-29-39/h3-35H,1-2H2. The van der Waals surface area contributed by atoms with Crippen molar-refractivity contribution >= 4 is 11.4 Å². The first-order valence-electron chi connectivity index (χ1n) is 17.6. The summed E-state index contributed by atoms with van der Waals surface area (Å²) in [6.45, 7) is 8.97. The molecule has 0 unspecified atom stereocenters. The monoisotopic (exact) mass is 651 g/mol. The van der Waals surface area contributed by atoms with Gasteiger partial charge < -0.3 is 4.90 Å². The van der Waals surface area contributed by atoms with Crippen LogP contribution < -0.4 is 4.90 Å². The second-order valence-electron chi connectivity index (χ2n) is 13.3. The van der Waals surface area contributed by atoms with Crippen molar-refractivity contribution in [3.05, 3.63) is 264 Å². The highest BCUT2D eigenvalue weighted by molar-refractivity contribution is 5.93.